The number of hydrogen-bond donors (Lipinski definition) is 3. The largest absolute Gasteiger partial charge is 0.361 e. The molecule has 0 atom stereocenters. The minimum atomic E-state index is -0.00221. The van der Waals surface area contributed by atoms with Crippen molar-refractivity contribution in [3.05, 3.63) is 66.4 Å². The van der Waals surface area contributed by atoms with Crippen LogP contribution in [0, 0.1) is 0 Å². The van der Waals surface area contributed by atoms with Crippen LogP contribution in [0.4, 0.5) is 10.8 Å². The summed E-state index contributed by atoms with van der Waals surface area (Å²) in [6.07, 6.45) is 2.80. The Morgan fingerprint density at radius 3 is 2.79 bits per heavy atom. The van der Waals surface area contributed by atoms with Gasteiger partial charge in [0.15, 0.2) is 4.34 Å². The monoisotopic (exact) mass is 409 g/mol. The van der Waals surface area contributed by atoms with Gasteiger partial charge in [-0.3, -0.25) is 4.79 Å². The summed E-state index contributed by atoms with van der Waals surface area (Å²) in [5, 5.41) is 16.3. The number of amides is 1. The number of aromatic amines is 1. The Hall–Kier alpha value is -2.84. The molecule has 0 unspecified atom stereocenters. The van der Waals surface area contributed by atoms with Gasteiger partial charge in [-0.1, -0.05) is 59.5 Å². The summed E-state index contributed by atoms with van der Waals surface area (Å²) in [6, 6.07) is 18.0. The van der Waals surface area contributed by atoms with Crippen molar-refractivity contribution in [2.75, 3.05) is 17.6 Å². The van der Waals surface area contributed by atoms with E-state index in [4.69, 9.17) is 0 Å². The average molecular weight is 410 g/mol. The first-order valence-electron chi connectivity index (χ1n) is 8.88. The van der Waals surface area contributed by atoms with E-state index in [1.807, 2.05) is 48.7 Å². The summed E-state index contributed by atoms with van der Waals surface area (Å²) >= 11 is 2.84. The van der Waals surface area contributed by atoms with E-state index >= 15 is 0 Å². The van der Waals surface area contributed by atoms with Crippen LogP contribution in [0.15, 0.2) is 65.1 Å². The number of hydrogen-bond acceptors (Lipinski definition) is 6. The maximum Gasteiger partial charge on any atom is 0.230 e. The Kier molecular flexibility index (Phi) is 5.89. The molecule has 8 heteroatoms. The fraction of sp³-hybridized carbons (Fsp3) is 0.150. The third kappa shape index (κ3) is 4.71. The van der Waals surface area contributed by atoms with Crippen LogP contribution in [0.1, 0.15) is 5.56 Å². The Morgan fingerprint density at radius 1 is 1.07 bits per heavy atom. The highest BCUT2D eigenvalue weighted by molar-refractivity contribution is 8.01. The summed E-state index contributed by atoms with van der Waals surface area (Å²) in [5.41, 5.74) is 3.30. The van der Waals surface area contributed by atoms with Gasteiger partial charge in [0.05, 0.1) is 5.75 Å². The van der Waals surface area contributed by atoms with E-state index in [0.717, 1.165) is 22.0 Å². The van der Waals surface area contributed by atoms with Gasteiger partial charge in [0.2, 0.25) is 11.0 Å². The molecule has 0 aliphatic heterocycles. The molecule has 3 N–H and O–H groups in total. The average Bonchev–Trinajstić information content (AvgIpc) is 3.34. The van der Waals surface area contributed by atoms with E-state index in [-0.39, 0.29) is 5.91 Å². The van der Waals surface area contributed by atoms with Gasteiger partial charge < -0.3 is 15.6 Å². The van der Waals surface area contributed by atoms with E-state index < -0.39 is 0 Å². The molecule has 0 aliphatic carbocycles. The first-order valence-corrected chi connectivity index (χ1v) is 10.7. The summed E-state index contributed by atoms with van der Waals surface area (Å²) in [5.74, 6) is 0.325. The van der Waals surface area contributed by atoms with Gasteiger partial charge in [-0.15, -0.1) is 10.2 Å². The lowest BCUT2D eigenvalue weighted by Gasteiger charge is -2.03. The highest BCUT2D eigenvalue weighted by Gasteiger charge is 2.09. The van der Waals surface area contributed by atoms with Crippen LogP contribution in [-0.4, -0.2) is 33.4 Å². The van der Waals surface area contributed by atoms with E-state index in [0.29, 0.717) is 17.4 Å². The SMILES string of the molecule is O=C(CSc1nnc(Nc2ccccc2)s1)NCCc1c[nH]c2ccccc12. The number of rotatable bonds is 8. The fourth-order valence-corrected chi connectivity index (χ4v) is 4.42. The van der Waals surface area contributed by atoms with Gasteiger partial charge >= 0.3 is 0 Å². The molecule has 2 heterocycles. The van der Waals surface area contributed by atoms with Crippen molar-refractivity contribution in [2.45, 2.75) is 10.8 Å². The molecule has 0 saturated heterocycles. The molecule has 0 saturated carbocycles. The number of fused-ring (bicyclic) bond motifs is 1. The van der Waals surface area contributed by atoms with Crippen LogP contribution in [0.3, 0.4) is 0 Å². The number of H-pyrrole nitrogens is 1. The Morgan fingerprint density at radius 2 is 1.89 bits per heavy atom. The Bertz CT molecular complexity index is 1060. The summed E-state index contributed by atoms with van der Waals surface area (Å²) in [7, 11) is 0. The molecule has 28 heavy (non-hydrogen) atoms. The number of carbonyl (C=O) groups excluding carboxylic acids is 1. The van der Waals surface area contributed by atoms with Crippen LogP contribution in [0.25, 0.3) is 10.9 Å². The smallest absolute Gasteiger partial charge is 0.230 e. The van der Waals surface area contributed by atoms with Crippen molar-refractivity contribution in [2.24, 2.45) is 0 Å². The molecule has 2 aromatic heterocycles. The lowest BCUT2D eigenvalue weighted by Crippen LogP contribution is -2.27. The molecule has 0 aliphatic rings. The third-order valence-electron chi connectivity index (χ3n) is 4.15. The van der Waals surface area contributed by atoms with Gasteiger partial charge in [-0.05, 0) is 30.2 Å². The minimum absolute atomic E-state index is 0.00221. The van der Waals surface area contributed by atoms with Crippen LogP contribution in [0.2, 0.25) is 0 Å². The highest BCUT2D eigenvalue weighted by atomic mass is 32.2. The number of para-hydroxylation sites is 2. The maximum absolute atomic E-state index is 12.1. The van der Waals surface area contributed by atoms with Gasteiger partial charge in [0, 0.05) is 29.3 Å². The molecule has 0 radical (unpaired) electrons. The Labute approximate surface area is 170 Å². The van der Waals surface area contributed by atoms with Crippen LogP contribution < -0.4 is 10.6 Å². The lowest BCUT2D eigenvalue weighted by molar-refractivity contribution is -0.118. The van der Waals surface area contributed by atoms with E-state index in [1.54, 1.807) is 0 Å². The molecule has 6 nitrogen and oxygen atoms in total. The molecule has 0 spiro atoms. The van der Waals surface area contributed by atoms with Crippen molar-refractivity contribution in [3.8, 4) is 0 Å². The molecule has 1 amide bonds. The highest BCUT2D eigenvalue weighted by Crippen LogP contribution is 2.27. The number of nitrogens with one attached hydrogen (secondary N) is 3. The van der Waals surface area contributed by atoms with E-state index in [1.165, 1.54) is 34.0 Å². The summed E-state index contributed by atoms with van der Waals surface area (Å²) in [6.45, 7) is 0.609. The Balaban J connectivity index is 1.21. The number of nitrogens with zero attached hydrogens (tertiary/aromatic N) is 2. The van der Waals surface area contributed by atoms with Gasteiger partial charge in [0.25, 0.3) is 0 Å². The maximum atomic E-state index is 12.1. The quantitative estimate of drug-likeness (QED) is 0.380. The zero-order valence-electron chi connectivity index (χ0n) is 15.0. The summed E-state index contributed by atoms with van der Waals surface area (Å²) in [4.78, 5) is 15.4. The van der Waals surface area contributed by atoms with E-state index in [9.17, 15) is 4.79 Å². The normalized spacial score (nSPS) is 10.9. The second-order valence-corrected chi connectivity index (χ2v) is 8.31. The molecule has 4 aromatic rings. The van der Waals surface area contributed by atoms with Gasteiger partial charge in [0.1, 0.15) is 0 Å². The van der Waals surface area contributed by atoms with Gasteiger partial charge in [-0.2, -0.15) is 0 Å². The first-order chi connectivity index (χ1) is 13.8. The zero-order valence-corrected chi connectivity index (χ0v) is 16.6. The standard InChI is InChI=1S/C20H19N5OS2/c26-18(21-11-10-14-12-22-17-9-5-4-8-16(14)17)13-27-20-25-24-19(28-20)23-15-6-2-1-3-7-15/h1-9,12,22H,10-11,13H2,(H,21,26)(H,23,24). The van der Waals surface area contributed by atoms with Crippen LogP contribution >= 0.6 is 23.1 Å². The molecule has 4 rings (SSSR count). The second kappa shape index (κ2) is 8.90. The third-order valence-corrected chi connectivity index (χ3v) is 6.12. The summed E-state index contributed by atoms with van der Waals surface area (Å²) < 4.78 is 0.769. The molecule has 2 aromatic carbocycles. The lowest BCUT2D eigenvalue weighted by atomic mass is 10.1. The van der Waals surface area contributed by atoms with Gasteiger partial charge in [-0.25, -0.2) is 0 Å². The van der Waals surface area contributed by atoms with E-state index in [2.05, 4.69) is 37.9 Å². The van der Waals surface area contributed by atoms with Crippen LogP contribution in [-0.2, 0) is 11.2 Å². The molecular formula is C20H19N5OS2. The molecule has 142 valence electrons. The number of benzene rings is 2. The van der Waals surface area contributed by atoms with Crippen molar-refractivity contribution in [1.29, 1.82) is 0 Å². The molecular weight excluding hydrogens is 390 g/mol. The fourth-order valence-electron chi connectivity index (χ4n) is 2.82. The zero-order chi connectivity index (χ0) is 19.2. The molecule has 0 fully saturated rings. The van der Waals surface area contributed by atoms with Crippen molar-refractivity contribution >= 4 is 50.7 Å². The number of aromatic nitrogens is 3. The molecule has 0 bridgehead atoms. The number of carbonyl (C=O) groups is 1. The van der Waals surface area contributed by atoms with Crippen molar-refractivity contribution in [1.82, 2.24) is 20.5 Å². The van der Waals surface area contributed by atoms with Crippen LogP contribution in [0.5, 0.6) is 0 Å². The second-order valence-electron chi connectivity index (χ2n) is 6.11. The number of anilines is 2. The number of thioether (sulfide) groups is 1. The van der Waals surface area contributed by atoms with Crippen molar-refractivity contribution < 1.29 is 4.79 Å². The van der Waals surface area contributed by atoms with Crippen molar-refractivity contribution in [3.63, 3.8) is 0 Å². The predicted molar refractivity (Wildman–Crippen MR) is 115 cm³/mol. The topological polar surface area (TPSA) is 82.7 Å². The first kappa shape index (κ1) is 18.5. The minimum Gasteiger partial charge on any atom is -0.361 e. The predicted octanol–water partition coefficient (Wildman–Crippen LogP) is 4.21.